The van der Waals surface area contributed by atoms with Crippen molar-refractivity contribution >= 4 is 33.4 Å². The number of aromatic nitrogens is 2. The van der Waals surface area contributed by atoms with Crippen LogP contribution in [0.25, 0.3) is 22.1 Å². The quantitative estimate of drug-likeness (QED) is 0.120. The zero-order chi connectivity index (χ0) is 25.1. The van der Waals surface area contributed by atoms with Crippen molar-refractivity contribution in [1.29, 1.82) is 0 Å². The molecule has 4 nitrogen and oxygen atoms in total. The van der Waals surface area contributed by atoms with Crippen molar-refractivity contribution < 1.29 is 26.3 Å². The number of benzene rings is 4. The number of anilines is 2. The summed E-state index contributed by atoms with van der Waals surface area (Å²) < 4.78 is 87.7. The number of halogens is 6. The van der Waals surface area contributed by atoms with Gasteiger partial charge in [-0.25, -0.2) is 36.3 Å². The van der Waals surface area contributed by atoms with Crippen molar-refractivity contribution in [3.05, 3.63) is 107 Å². The summed E-state index contributed by atoms with van der Waals surface area (Å²) in [5.74, 6) is -10.2. The number of hydrogen-bond donors (Lipinski definition) is 2. The molecule has 180 valence electrons. The SMILES string of the molecule is Fc1c(F)c(F)c2nc3c(F)c4c(c(F)c3nc2c1F)NC(c1ccccc1)C(c1ccccc1)N4. The Morgan fingerprint density at radius 1 is 0.444 bits per heavy atom. The first-order valence-corrected chi connectivity index (χ1v) is 10.8. The molecule has 5 aromatic rings. The third kappa shape index (κ3) is 3.17. The molecule has 0 bridgehead atoms. The molecule has 0 aliphatic carbocycles. The molecule has 2 atom stereocenters. The van der Waals surface area contributed by atoms with Crippen LogP contribution in [-0.2, 0) is 0 Å². The van der Waals surface area contributed by atoms with Gasteiger partial charge >= 0.3 is 0 Å². The Labute approximate surface area is 199 Å². The molecule has 0 fully saturated rings. The van der Waals surface area contributed by atoms with E-state index in [9.17, 15) is 17.6 Å². The molecule has 0 saturated heterocycles. The van der Waals surface area contributed by atoms with E-state index in [-0.39, 0.29) is 11.4 Å². The molecule has 0 saturated carbocycles. The van der Waals surface area contributed by atoms with Crippen LogP contribution in [0.2, 0.25) is 0 Å². The number of nitrogens with zero attached hydrogens (tertiary/aromatic N) is 2. The van der Waals surface area contributed by atoms with Gasteiger partial charge in [-0.3, -0.25) is 0 Å². The van der Waals surface area contributed by atoms with Crippen LogP contribution in [0, 0.1) is 34.9 Å². The number of rotatable bonds is 2. The van der Waals surface area contributed by atoms with Gasteiger partial charge in [0.1, 0.15) is 22.1 Å². The summed E-state index contributed by atoms with van der Waals surface area (Å²) in [5, 5.41) is 6.02. The van der Waals surface area contributed by atoms with E-state index in [1.165, 1.54) is 0 Å². The highest BCUT2D eigenvalue weighted by molar-refractivity contribution is 5.95. The third-order valence-electron chi connectivity index (χ3n) is 6.24. The minimum absolute atomic E-state index is 0.307. The van der Waals surface area contributed by atoms with Gasteiger partial charge in [0.25, 0.3) is 0 Å². The van der Waals surface area contributed by atoms with Gasteiger partial charge < -0.3 is 10.6 Å². The lowest BCUT2D eigenvalue weighted by Gasteiger charge is -2.37. The summed E-state index contributed by atoms with van der Waals surface area (Å²) in [6.45, 7) is 0. The molecule has 6 rings (SSSR count). The van der Waals surface area contributed by atoms with Gasteiger partial charge in [0, 0.05) is 0 Å². The van der Waals surface area contributed by atoms with Crippen molar-refractivity contribution in [1.82, 2.24) is 9.97 Å². The topological polar surface area (TPSA) is 49.8 Å². The average molecular weight is 496 g/mol. The Morgan fingerprint density at radius 3 is 1.14 bits per heavy atom. The summed E-state index contributed by atoms with van der Waals surface area (Å²) in [5.41, 5.74) is -2.72. The number of fused-ring (bicyclic) bond motifs is 3. The second-order valence-corrected chi connectivity index (χ2v) is 8.32. The molecular formula is C26H14F6N4. The van der Waals surface area contributed by atoms with E-state index in [1.54, 1.807) is 24.3 Å². The molecule has 0 radical (unpaired) electrons. The Balaban J connectivity index is 1.62. The van der Waals surface area contributed by atoms with Gasteiger partial charge in [-0.05, 0) is 11.1 Å². The predicted molar refractivity (Wildman–Crippen MR) is 122 cm³/mol. The summed E-state index contributed by atoms with van der Waals surface area (Å²) in [6, 6.07) is 17.0. The maximum atomic E-state index is 15.7. The smallest absolute Gasteiger partial charge is 0.199 e. The molecule has 0 spiro atoms. The average Bonchev–Trinajstić information content (AvgIpc) is 2.93. The van der Waals surface area contributed by atoms with Gasteiger partial charge in [0.15, 0.2) is 34.9 Å². The Kier molecular flexibility index (Phi) is 4.99. The second-order valence-electron chi connectivity index (χ2n) is 8.32. The fourth-order valence-corrected chi connectivity index (χ4v) is 4.53. The molecule has 2 N–H and O–H groups in total. The third-order valence-corrected chi connectivity index (χ3v) is 6.24. The van der Waals surface area contributed by atoms with E-state index in [4.69, 9.17) is 0 Å². The first-order chi connectivity index (χ1) is 17.4. The Morgan fingerprint density at radius 2 is 0.778 bits per heavy atom. The van der Waals surface area contributed by atoms with E-state index >= 15 is 8.78 Å². The Hall–Kier alpha value is -4.34. The van der Waals surface area contributed by atoms with Crippen LogP contribution in [0.5, 0.6) is 0 Å². The molecule has 36 heavy (non-hydrogen) atoms. The molecule has 2 heterocycles. The highest BCUT2D eigenvalue weighted by atomic mass is 19.2. The minimum Gasteiger partial charge on any atom is -0.372 e. The first kappa shape index (κ1) is 22.1. The minimum atomic E-state index is -2.12. The van der Waals surface area contributed by atoms with Crippen molar-refractivity contribution in [3.63, 3.8) is 0 Å². The summed E-state index contributed by atoms with van der Waals surface area (Å²) in [6.07, 6.45) is 0. The van der Waals surface area contributed by atoms with Crippen LogP contribution in [0.4, 0.5) is 37.7 Å². The normalized spacial score (nSPS) is 17.1. The summed E-state index contributed by atoms with van der Waals surface area (Å²) in [7, 11) is 0. The van der Waals surface area contributed by atoms with Crippen LogP contribution in [0.3, 0.4) is 0 Å². The lowest BCUT2D eigenvalue weighted by molar-refractivity contribution is 0.416. The fourth-order valence-electron chi connectivity index (χ4n) is 4.53. The number of hydrogen-bond acceptors (Lipinski definition) is 4. The molecular weight excluding hydrogens is 482 g/mol. The van der Waals surface area contributed by atoms with Crippen molar-refractivity contribution in [2.75, 3.05) is 10.6 Å². The highest BCUT2D eigenvalue weighted by Gasteiger charge is 2.36. The van der Waals surface area contributed by atoms with Crippen LogP contribution in [0.1, 0.15) is 23.2 Å². The van der Waals surface area contributed by atoms with Gasteiger partial charge in [0.05, 0.1) is 23.5 Å². The number of nitrogens with one attached hydrogen (secondary N) is 2. The maximum Gasteiger partial charge on any atom is 0.199 e. The van der Waals surface area contributed by atoms with Gasteiger partial charge in [0.2, 0.25) is 0 Å². The fraction of sp³-hybridized carbons (Fsp3) is 0.0769. The molecule has 1 aromatic heterocycles. The van der Waals surface area contributed by atoms with Crippen molar-refractivity contribution in [3.8, 4) is 0 Å². The maximum absolute atomic E-state index is 15.7. The van der Waals surface area contributed by atoms with Gasteiger partial charge in [-0.15, -0.1) is 0 Å². The molecule has 2 unspecified atom stereocenters. The van der Waals surface area contributed by atoms with Crippen LogP contribution >= 0.6 is 0 Å². The van der Waals surface area contributed by atoms with E-state index < -0.39 is 69.1 Å². The van der Waals surface area contributed by atoms with Crippen molar-refractivity contribution in [2.45, 2.75) is 12.1 Å². The zero-order valence-corrected chi connectivity index (χ0v) is 18.1. The Bertz CT molecular complexity index is 1540. The standard InChI is InChI=1S/C26H14F6N4/c27-13-14(28)16(30)22-21(15(13)29)35-25-17(31)23-24(18(32)26(25)36-22)34-20(12-9-5-2-6-10-12)19(33-23)11-7-3-1-4-8-11/h1-10,19-20,33-34H. The monoisotopic (exact) mass is 496 g/mol. The largest absolute Gasteiger partial charge is 0.372 e. The summed E-state index contributed by atoms with van der Waals surface area (Å²) >= 11 is 0. The van der Waals surface area contributed by atoms with Crippen LogP contribution in [0.15, 0.2) is 60.7 Å². The van der Waals surface area contributed by atoms with E-state index in [2.05, 4.69) is 20.6 Å². The van der Waals surface area contributed by atoms with Crippen molar-refractivity contribution in [2.24, 2.45) is 0 Å². The van der Waals surface area contributed by atoms with Crippen LogP contribution < -0.4 is 10.6 Å². The molecule has 4 aromatic carbocycles. The van der Waals surface area contributed by atoms with Gasteiger partial charge in [-0.1, -0.05) is 60.7 Å². The zero-order valence-electron chi connectivity index (χ0n) is 18.1. The lowest BCUT2D eigenvalue weighted by Crippen LogP contribution is -2.31. The highest BCUT2D eigenvalue weighted by Crippen LogP contribution is 2.46. The molecule has 1 aliphatic rings. The molecule has 10 heteroatoms. The van der Waals surface area contributed by atoms with Crippen LogP contribution in [-0.4, -0.2) is 9.97 Å². The van der Waals surface area contributed by atoms with E-state index in [0.29, 0.717) is 0 Å². The van der Waals surface area contributed by atoms with E-state index in [0.717, 1.165) is 11.1 Å². The van der Waals surface area contributed by atoms with Gasteiger partial charge in [-0.2, -0.15) is 0 Å². The van der Waals surface area contributed by atoms with E-state index in [1.807, 2.05) is 36.4 Å². The summed E-state index contributed by atoms with van der Waals surface area (Å²) in [4.78, 5) is 7.23. The predicted octanol–water partition coefficient (Wildman–Crippen LogP) is 6.94. The lowest BCUT2D eigenvalue weighted by atomic mass is 9.90. The molecule has 1 aliphatic heterocycles. The first-order valence-electron chi connectivity index (χ1n) is 10.8. The molecule has 0 amide bonds. The second kappa shape index (κ2) is 8.11.